The lowest BCUT2D eigenvalue weighted by Crippen LogP contribution is -2.68. The Morgan fingerprint density at radius 3 is 1.74 bits per heavy atom. The van der Waals surface area contributed by atoms with Gasteiger partial charge in [-0.15, -0.1) is 0 Å². The molecule has 0 bridgehead atoms. The minimum Gasteiger partial charge on any atom is -0.394 e. The Labute approximate surface area is 267 Å². The number of rotatable bonds is 10. The van der Waals surface area contributed by atoms with Crippen LogP contribution in [0.1, 0.15) is 13.8 Å². The Kier molecular flexibility index (Phi) is 13.2. The number of carbonyl (C=O) groups excluding carboxylic acids is 1. The van der Waals surface area contributed by atoms with Crippen LogP contribution in [0.3, 0.4) is 0 Å². The Hall–Kier alpha value is -1.29. The average molecular weight is 692 g/mol. The van der Waals surface area contributed by atoms with E-state index in [0.29, 0.717) is 0 Å². The average Bonchev–Trinajstić information content (AvgIpc) is 3.03. The van der Waals surface area contributed by atoms with E-state index in [1.807, 2.05) is 0 Å². The maximum absolute atomic E-state index is 12.2. The van der Waals surface area contributed by atoms with Crippen molar-refractivity contribution in [2.24, 2.45) is 0 Å². The molecule has 0 saturated carbocycles. The molecule has 1 unspecified atom stereocenters. The molecule has 274 valence electrons. The van der Waals surface area contributed by atoms with Gasteiger partial charge in [0, 0.05) is 6.92 Å². The molecule has 0 aromatic heterocycles. The van der Waals surface area contributed by atoms with E-state index in [2.05, 4.69) is 5.32 Å². The van der Waals surface area contributed by atoms with E-state index in [0.717, 1.165) is 6.92 Å². The molecule has 0 aliphatic carbocycles. The van der Waals surface area contributed by atoms with Crippen molar-refractivity contribution in [3.63, 3.8) is 0 Å². The summed E-state index contributed by atoms with van der Waals surface area (Å²) in [5.74, 6) is -0.677. The van der Waals surface area contributed by atoms with Crippen LogP contribution in [0.15, 0.2) is 0 Å². The highest BCUT2D eigenvalue weighted by atomic mass is 16.7. The second kappa shape index (κ2) is 16.2. The lowest BCUT2D eigenvalue weighted by atomic mass is 9.95. The number of aliphatic hydroxyl groups is 12. The van der Waals surface area contributed by atoms with Gasteiger partial charge in [0.25, 0.3) is 0 Å². The summed E-state index contributed by atoms with van der Waals surface area (Å²) in [6.45, 7) is 0.198. The standard InChI is InChI=1S/C26H45NO20/c1-6-12(31)15(34)19(38)25(42-6)47-22-11(27-7(2)30)24(44-8(3-28)14(22)33)41-5-10-13(32)16(35)20(39)26(45-10)46-21-9(4-29)43-23(40)18(37)17(21)36/h6,8-26,28-29,31-40H,3-5H2,1-2H3,(H,27,30)/t6-,8+,9+,10+,11+,12+,13-,14+,15+,16-,17+,18+,19-,20+,21+,22+,23?,24+,25-,26-/m0/s1. The first-order chi connectivity index (χ1) is 22.1. The fourth-order valence-electron chi connectivity index (χ4n) is 5.79. The van der Waals surface area contributed by atoms with Gasteiger partial charge < -0.3 is 99.8 Å². The molecule has 21 heteroatoms. The van der Waals surface area contributed by atoms with Crippen molar-refractivity contribution >= 4 is 5.91 Å². The molecule has 1 amide bonds. The first-order valence-electron chi connectivity index (χ1n) is 14.9. The molecule has 0 aromatic carbocycles. The quantitative estimate of drug-likeness (QED) is 0.101. The maximum atomic E-state index is 12.2. The molecule has 0 radical (unpaired) electrons. The molecule has 4 fully saturated rings. The third kappa shape index (κ3) is 8.20. The molecule has 4 saturated heterocycles. The van der Waals surface area contributed by atoms with Gasteiger partial charge in [-0.05, 0) is 6.92 Å². The first kappa shape index (κ1) is 38.5. The second-order valence-electron chi connectivity index (χ2n) is 11.9. The van der Waals surface area contributed by atoms with Gasteiger partial charge in [0.2, 0.25) is 5.91 Å². The minimum absolute atomic E-state index is 0.677. The topological polar surface area (TPSA) is 336 Å². The summed E-state index contributed by atoms with van der Waals surface area (Å²) in [5, 5.41) is 125. The van der Waals surface area contributed by atoms with E-state index >= 15 is 0 Å². The van der Waals surface area contributed by atoms with Crippen LogP contribution in [0.5, 0.6) is 0 Å². The molecule has 13 N–H and O–H groups in total. The zero-order chi connectivity index (χ0) is 34.9. The third-order valence-corrected chi connectivity index (χ3v) is 8.55. The highest BCUT2D eigenvalue weighted by molar-refractivity contribution is 5.73. The van der Waals surface area contributed by atoms with Crippen molar-refractivity contribution in [3.8, 4) is 0 Å². The van der Waals surface area contributed by atoms with Gasteiger partial charge >= 0.3 is 0 Å². The van der Waals surface area contributed by atoms with Crippen LogP contribution >= 0.6 is 0 Å². The summed E-state index contributed by atoms with van der Waals surface area (Å²) in [7, 11) is 0. The van der Waals surface area contributed by atoms with Gasteiger partial charge in [0.05, 0.1) is 25.9 Å². The van der Waals surface area contributed by atoms with Crippen LogP contribution < -0.4 is 5.32 Å². The van der Waals surface area contributed by atoms with E-state index < -0.39 is 148 Å². The molecule has 47 heavy (non-hydrogen) atoms. The number of nitrogens with one attached hydrogen (secondary N) is 1. The van der Waals surface area contributed by atoms with Crippen molar-refractivity contribution in [1.82, 2.24) is 5.32 Å². The predicted octanol–water partition coefficient (Wildman–Crippen LogP) is -8.58. The summed E-state index contributed by atoms with van der Waals surface area (Å²) >= 11 is 0. The molecular weight excluding hydrogens is 646 g/mol. The monoisotopic (exact) mass is 691 g/mol. The smallest absolute Gasteiger partial charge is 0.217 e. The summed E-state index contributed by atoms with van der Waals surface area (Å²) in [6.07, 6.45) is -31.6. The van der Waals surface area contributed by atoms with Crippen LogP contribution in [0, 0.1) is 0 Å². The van der Waals surface area contributed by atoms with Crippen molar-refractivity contribution < 1.29 is 99.2 Å². The Balaban J connectivity index is 1.51. The summed E-state index contributed by atoms with van der Waals surface area (Å²) in [6, 6.07) is -1.42. The molecular formula is C26H45NO20. The van der Waals surface area contributed by atoms with Crippen LogP contribution in [0.25, 0.3) is 0 Å². The normalized spacial score (nSPS) is 51.0. The highest BCUT2D eigenvalue weighted by Gasteiger charge is 2.53. The fourth-order valence-corrected chi connectivity index (χ4v) is 5.79. The SMILES string of the molecule is CC(=O)N[C@H]1[C@H](OC[C@H]2O[C@@H](O[C@H]3[C@H](O)[C@@H](O)C(O)O[C@@H]3CO)[C@H](O)[C@@H](O)[C@H]2O)O[C@H](CO)[C@@H](O)[C@@H]1O[C@@H]1O[C@@H](C)[C@@H](O)[C@@H](O)[C@@H]1O. The molecule has 4 heterocycles. The van der Waals surface area contributed by atoms with Crippen molar-refractivity contribution in [2.45, 2.75) is 137 Å². The number of carbonyl (C=O) groups is 1. The van der Waals surface area contributed by atoms with Crippen molar-refractivity contribution in [2.75, 3.05) is 19.8 Å². The van der Waals surface area contributed by atoms with E-state index in [1.165, 1.54) is 6.92 Å². The Morgan fingerprint density at radius 1 is 0.596 bits per heavy atom. The number of aliphatic hydroxyl groups excluding tert-OH is 12. The molecule has 4 rings (SSSR count). The van der Waals surface area contributed by atoms with Crippen molar-refractivity contribution in [1.29, 1.82) is 0 Å². The lowest BCUT2D eigenvalue weighted by Gasteiger charge is -2.48. The van der Waals surface area contributed by atoms with E-state index in [-0.39, 0.29) is 0 Å². The summed E-state index contributed by atoms with van der Waals surface area (Å²) in [5.41, 5.74) is 0. The molecule has 4 aliphatic rings. The van der Waals surface area contributed by atoms with Crippen LogP contribution in [-0.4, -0.2) is 210 Å². The fraction of sp³-hybridized carbons (Fsp3) is 0.962. The number of hydrogen-bond acceptors (Lipinski definition) is 20. The number of hydrogen-bond donors (Lipinski definition) is 13. The Morgan fingerprint density at radius 2 is 1.15 bits per heavy atom. The van der Waals surface area contributed by atoms with Crippen LogP contribution in [0.2, 0.25) is 0 Å². The van der Waals surface area contributed by atoms with Gasteiger partial charge in [-0.25, -0.2) is 0 Å². The Bertz CT molecular complexity index is 1010. The summed E-state index contributed by atoms with van der Waals surface area (Å²) < 4.78 is 38.7. The lowest BCUT2D eigenvalue weighted by molar-refractivity contribution is -0.363. The number of ether oxygens (including phenoxy) is 7. The number of amides is 1. The first-order valence-corrected chi connectivity index (χ1v) is 14.9. The zero-order valence-corrected chi connectivity index (χ0v) is 25.3. The molecule has 21 nitrogen and oxygen atoms in total. The van der Waals surface area contributed by atoms with Crippen LogP contribution in [-0.2, 0) is 38.0 Å². The van der Waals surface area contributed by atoms with Gasteiger partial charge in [-0.3, -0.25) is 4.79 Å². The minimum atomic E-state index is -1.94. The predicted molar refractivity (Wildman–Crippen MR) is 144 cm³/mol. The van der Waals surface area contributed by atoms with E-state index in [1.54, 1.807) is 0 Å². The summed E-state index contributed by atoms with van der Waals surface area (Å²) in [4.78, 5) is 12.2. The van der Waals surface area contributed by atoms with Gasteiger partial charge in [-0.1, -0.05) is 0 Å². The van der Waals surface area contributed by atoms with Gasteiger partial charge in [0.1, 0.15) is 91.5 Å². The molecule has 20 atom stereocenters. The highest BCUT2D eigenvalue weighted by Crippen LogP contribution is 2.32. The van der Waals surface area contributed by atoms with E-state index in [9.17, 15) is 66.1 Å². The molecule has 0 spiro atoms. The largest absolute Gasteiger partial charge is 0.394 e. The van der Waals surface area contributed by atoms with Crippen LogP contribution in [0.4, 0.5) is 0 Å². The van der Waals surface area contributed by atoms with Crippen molar-refractivity contribution in [3.05, 3.63) is 0 Å². The van der Waals surface area contributed by atoms with Gasteiger partial charge in [-0.2, -0.15) is 0 Å². The molecule has 0 aromatic rings. The van der Waals surface area contributed by atoms with E-state index in [4.69, 9.17) is 33.2 Å². The van der Waals surface area contributed by atoms with Gasteiger partial charge in [0.15, 0.2) is 25.2 Å². The molecule has 4 aliphatic heterocycles. The zero-order valence-electron chi connectivity index (χ0n) is 25.3. The second-order valence-corrected chi connectivity index (χ2v) is 11.9. The maximum Gasteiger partial charge on any atom is 0.217 e. The third-order valence-electron chi connectivity index (χ3n) is 8.55.